The second-order valence-corrected chi connectivity index (χ2v) is 10.1. The van der Waals surface area contributed by atoms with E-state index in [0.29, 0.717) is 49.2 Å². The number of rotatable bonds is 7. The summed E-state index contributed by atoms with van der Waals surface area (Å²) in [6, 6.07) is 3.58. The fraction of sp³-hybridized carbons (Fsp3) is 0.176. The quantitative estimate of drug-likeness (QED) is 0.141. The van der Waals surface area contributed by atoms with Crippen molar-refractivity contribution in [3.8, 4) is 35.2 Å². The van der Waals surface area contributed by atoms with Crippen LogP contribution in [0.3, 0.4) is 0 Å². The average molecular weight is 704 g/mol. The lowest BCUT2D eigenvalue weighted by Gasteiger charge is -2.20. The maximum atomic E-state index is 14.7. The highest BCUT2D eigenvalue weighted by molar-refractivity contribution is 5.51. The number of ether oxygens (including phenoxy) is 2. The first kappa shape index (κ1) is 36.5. The van der Waals surface area contributed by atoms with Crippen LogP contribution < -0.4 is 9.47 Å². The number of halogens is 13. The van der Waals surface area contributed by atoms with Crippen molar-refractivity contribution in [2.75, 3.05) is 0 Å². The normalized spacial score (nSPS) is 11.4. The van der Waals surface area contributed by atoms with E-state index in [1.165, 1.54) is 0 Å². The van der Waals surface area contributed by atoms with Gasteiger partial charge in [0.25, 0.3) is 0 Å². The largest absolute Gasteiger partial charge is 0.573 e. The summed E-state index contributed by atoms with van der Waals surface area (Å²) in [5, 5.41) is 0. The molecule has 4 rings (SSSR count). The fourth-order valence-corrected chi connectivity index (χ4v) is 4.24. The van der Waals surface area contributed by atoms with Crippen LogP contribution in [0.25, 0.3) is 0 Å². The smallest absolute Gasteiger partial charge is 0.429 e. The zero-order valence-corrected chi connectivity index (χ0v) is 24.5. The van der Waals surface area contributed by atoms with Gasteiger partial charge in [0.1, 0.15) is 46.2 Å². The number of benzene rings is 4. The third-order valence-corrected chi connectivity index (χ3v) is 6.40. The number of aryl methyl sites for hydroxylation is 1. The van der Waals surface area contributed by atoms with E-state index in [9.17, 15) is 57.1 Å². The van der Waals surface area contributed by atoms with E-state index < -0.39 is 98.3 Å². The van der Waals surface area contributed by atoms with Crippen LogP contribution in [0, 0.1) is 70.2 Å². The highest BCUT2D eigenvalue weighted by atomic mass is 19.4. The van der Waals surface area contributed by atoms with Crippen LogP contribution in [0.5, 0.6) is 11.5 Å². The van der Waals surface area contributed by atoms with Gasteiger partial charge < -0.3 is 9.47 Å². The summed E-state index contributed by atoms with van der Waals surface area (Å²) in [6.07, 6.45) is -8.72. The molecule has 0 radical (unpaired) electrons. The molecule has 0 spiro atoms. The van der Waals surface area contributed by atoms with Gasteiger partial charge in [-0.2, -0.15) is 8.78 Å². The second-order valence-electron chi connectivity index (χ2n) is 10.1. The summed E-state index contributed by atoms with van der Waals surface area (Å²) in [5.41, 5.74) is -4.88. The Morgan fingerprint density at radius 1 is 0.531 bits per heavy atom. The van der Waals surface area contributed by atoms with Gasteiger partial charge in [-0.15, -0.1) is 13.2 Å². The van der Waals surface area contributed by atoms with Crippen molar-refractivity contribution in [2.24, 2.45) is 0 Å². The highest BCUT2D eigenvalue weighted by Crippen LogP contribution is 2.37. The molecule has 15 heteroatoms. The Kier molecular flexibility index (Phi) is 10.8. The van der Waals surface area contributed by atoms with Crippen LogP contribution in [0.4, 0.5) is 57.1 Å². The van der Waals surface area contributed by atoms with E-state index in [1.54, 1.807) is 0 Å². The molecule has 256 valence electrons. The lowest BCUT2D eigenvalue weighted by molar-refractivity contribution is -0.276. The number of hydrogen-bond acceptors (Lipinski definition) is 2. The van der Waals surface area contributed by atoms with Crippen LogP contribution in [0.2, 0.25) is 0 Å². The van der Waals surface area contributed by atoms with E-state index in [2.05, 4.69) is 9.47 Å². The van der Waals surface area contributed by atoms with Gasteiger partial charge in [0.2, 0.25) is 5.75 Å². The highest BCUT2D eigenvalue weighted by Gasteiger charge is 2.41. The molecule has 0 atom stereocenters. The van der Waals surface area contributed by atoms with E-state index in [1.807, 2.05) is 30.6 Å². The van der Waals surface area contributed by atoms with Crippen molar-refractivity contribution in [1.82, 2.24) is 0 Å². The minimum absolute atomic E-state index is 0.110. The Balaban J connectivity index is 1.55. The third kappa shape index (κ3) is 8.99. The van der Waals surface area contributed by atoms with Gasteiger partial charge in [0, 0.05) is 23.3 Å². The zero-order chi connectivity index (χ0) is 36.3. The van der Waals surface area contributed by atoms with Crippen molar-refractivity contribution < 1.29 is 66.5 Å². The van der Waals surface area contributed by atoms with E-state index in [-0.39, 0.29) is 24.1 Å². The minimum Gasteiger partial charge on any atom is -0.429 e. The molecule has 0 N–H and O–H groups in total. The molecule has 0 saturated heterocycles. The second kappa shape index (κ2) is 14.4. The summed E-state index contributed by atoms with van der Waals surface area (Å²) >= 11 is 0. The number of alkyl halides is 5. The Hall–Kier alpha value is -5.31. The molecule has 0 aromatic heterocycles. The zero-order valence-electron chi connectivity index (χ0n) is 24.5. The summed E-state index contributed by atoms with van der Waals surface area (Å²) in [5.74, 6) is -8.06. The van der Waals surface area contributed by atoms with Gasteiger partial charge in [-0.25, -0.2) is 35.1 Å². The molecule has 0 saturated carbocycles. The van der Waals surface area contributed by atoms with Crippen LogP contribution >= 0.6 is 0 Å². The Morgan fingerprint density at radius 3 is 1.39 bits per heavy atom. The summed E-state index contributed by atoms with van der Waals surface area (Å²) < 4.78 is 189. The minimum atomic E-state index is -5.41. The van der Waals surface area contributed by atoms with E-state index in [0.717, 1.165) is 0 Å². The first-order valence-corrected chi connectivity index (χ1v) is 13.7. The molecule has 0 heterocycles. The lowest BCUT2D eigenvalue weighted by Crippen LogP contribution is -2.25. The molecular formula is C34H17F13O2. The molecule has 2 nitrogen and oxygen atoms in total. The predicted molar refractivity (Wildman–Crippen MR) is 147 cm³/mol. The fourth-order valence-electron chi connectivity index (χ4n) is 4.24. The van der Waals surface area contributed by atoms with Crippen molar-refractivity contribution in [3.05, 3.63) is 128 Å². The summed E-state index contributed by atoms with van der Waals surface area (Å²) in [4.78, 5) is 0. The van der Waals surface area contributed by atoms with E-state index >= 15 is 0 Å². The molecule has 0 fully saturated rings. The molecule has 0 aliphatic carbocycles. The SMILES string of the molecule is CCCCc1cc(F)c(C(F)(F)Oc2cc(F)c(C#Cc3cc(F)c(C#Cc4cc(F)c(OC(F)(F)F)c(F)c4)c(F)c3)c(F)c2)c(F)c1. The van der Waals surface area contributed by atoms with Gasteiger partial charge in [-0.05, 0) is 54.8 Å². The molecule has 0 aliphatic rings. The van der Waals surface area contributed by atoms with Crippen LogP contribution in [-0.2, 0) is 12.5 Å². The van der Waals surface area contributed by atoms with Gasteiger partial charge in [-0.3, -0.25) is 0 Å². The molecule has 49 heavy (non-hydrogen) atoms. The predicted octanol–water partition coefficient (Wildman–Crippen LogP) is 9.97. The van der Waals surface area contributed by atoms with Crippen molar-refractivity contribution >= 4 is 0 Å². The first-order chi connectivity index (χ1) is 22.9. The maximum Gasteiger partial charge on any atom is 0.573 e. The molecule has 0 unspecified atom stereocenters. The van der Waals surface area contributed by atoms with Crippen molar-refractivity contribution in [3.63, 3.8) is 0 Å². The Labute approximate surface area is 269 Å². The number of hydrogen-bond donors (Lipinski definition) is 0. The standard InChI is InChI=1S/C34H17F13O2/c1-2-3-4-17-11-27(39)31(28(40)12-17)33(43,44)48-20-15-25(37)22(26(38)16-20)8-5-18-9-23(35)21(24(36)10-18)7-6-19-13-29(41)32(30(42)14-19)49-34(45,46)47/h9-16H,2-4H2,1H3. The first-order valence-electron chi connectivity index (χ1n) is 13.7. The van der Waals surface area contributed by atoms with Crippen LogP contribution in [-0.4, -0.2) is 6.36 Å². The molecule has 0 amide bonds. The number of unbranched alkanes of at least 4 members (excludes halogenated alkanes) is 1. The Bertz CT molecular complexity index is 1940. The van der Waals surface area contributed by atoms with Crippen LogP contribution in [0.15, 0.2) is 48.5 Å². The van der Waals surface area contributed by atoms with Crippen molar-refractivity contribution in [2.45, 2.75) is 38.7 Å². The monoisotopic (exact) mass is 704 g/mol. The third-order valence-electron chi connectivity index (χ3n) is 6.40. The van der Waals surface area contributed by atoms with Crippen molar-refractivity contribution in [1.29, 1.82) is 0 Å². The summed E-state index contributed by atoms with van der Waals surface area (Å²) in [6.45, 7) is 1.81. The average Bonchev–Trinajstić information content (AvgIpc) is 2.96. The van der Waals surface area contributed by atoms with Gasteiger partial charge in [0.05, 0.1) is 11.1 Å². The van der Waals surface area contributed by atoms with E-state index in [4.69, 9.17) is 0 Å². The molecule has 4 aromatic rings. The van der Waals surface area contributed by atoms with Crippen LogP contribution in [0.1, 0.15) is 53.1 Å². The van der Waals surface area contributed by atoms with Gasteiger partial charge >= 0.3 is 12.5 Å². The van der Waals surface area contributed by atoms with Gasteiger partial charge in [-0.1, -0.05) is 37.0 Å². The molecule has 0 aliphatic heterocycles. The molecule has 4 aromatic carbocycles. The molecular weight excluding hydrogens is 687 g/mol. The lowest BCUT2D eigenvalue weighted by atomic mass is 10.0. The van der Waals surface area contributed by atoms with Gasteiger partial charge in [0.15, 0.2) is 11.6 Å². The summed E-state index contributed by atoms with van der Waals surface area (Å²) in [7, 11) is 0. The maximum absolute atomic E-state index is 14.7. The molecule has 0 bridgehead atoms. The topological polar surface area (TPSA) is 18.5 Å². The Morgan fingerprint density at radius 2 is 0.959 bits per heavy atom.